The van der Waals surface area contributed by atoms with Crippen LogP contribution in [-0.4, -0.2) is 28.6 Å². The Morgan fingerprint density at radius 3 is 2.88 bits per heavy atom. The number of carbonyl (C=O) groups is 1. The number of anilines is 1. The summed E-state index contributed by atoms with van der Waals surface area (Å²) in [5.74, 6) is 1.11. The molecule has 0 aliphatic rings. The van der Waals surface area contributed by atoms with E-state index in [9.17, 15) is 4.79 Å². The van der Waals surface area contributed by atoms with Gasteiger partial charge in [-0.25, -0.2) is 4.79 Å². The summed E-state index contributed by atoms with van der Waals surface area (Å²) in [5.41, 5.74) is 0.955. The first-order valence-corrected chi connectivity index (χ1v) is 7.37. The second kappa shape index (κ2) is 6.91. The summed E-state index contributed by atoms with van der Waals surface area (Å²) in [6.07, 6.45) is 0. The van der Waals surface area contributed by atoms with Gasteiger partial charge in [-0.1, -0.05) is 13.0 Å². The number of aromatic carboxylic acids is 1. The lowest BCUT2D eigenvalue weighted by Gasteiger charge is -2.17. The van der Waals surface area contributed by atoms with Gasteiger partial charge in [-0.15, -0.1) is 0 Å². The van der Waals surface area contributed by atoms with E-state index >= 15 is 0 Å². The Bertz CT molecular complexity index is 398. The maximum absolute atomic E-state index is 11.2. The highest BCUT2D eigenvalue weighted by Gasteiger charge is 2.15. The molecule has 0 spiro atoms. The Morgan fingerprint density at radius 2 is 2.29 bits per heavy atom. The van der Waals surface area contributed by atoms with Gasteiger partial charge in [0.1, 0.15) is 0 Å². The zero-order valence-corrected chi connectivity index (χ0v) is 12.3. The van der Waals surface area contributed by atoms with Crippen molar-refractivity contribution in [1.29, 1.82) is 0 Å². The van der Waals surface area contributed by atoms with Crippen molar-refractivity contribution in [3.63, 3.8) is 0 Å². The summed E-state index contributed by atoms with van der Waals surface area (Å²) in [5, 5.41) is 12.4. The van der Waals surface area contributed by atoms with Crippen LogP contribution in [0.1, 0.15) is 24.2 Å². The monoisotopic (exact) mass is 317 g/mol. The zero-order chi connectivity index (χ0) is 12.8. The molecule has 0 aliphatic heterocycles. The zero-order valence-electron chi connectivity index (χ0n) is 9.87. The average molecular weight is 318 g/mol. The van der Waals surface area contributed by atoms with E-state index in [1.165, 1.54) is 0 Å². The minimum absolute atomic E-state index is 0.243. The number of thioether (sulfide) groups is 1. The van der Waals surface area contributed by atoms with Crippen LogP contribution < -0.4 is 5.32 Å². The molecule has 0 saturated carbocycles. The number of hydrogen-bond donors (Lipinski definition) is 2. The maximum Gasteiger partial charge on any atom is 0.338 e. The number of carboxylic acids is 1. The minimum atomic E-state index is -0.921. The van der Waals surface area contributed by atoms with Crippen LogP contribution in [0.3, 0.4) is 0 Å². The van der Waals surface area contributed by atoms with Crippen LogP contribution >= 0.6 is 27.7 Å². The Morgan fingerprint density at radius 1 is 1.59 bits per heavy atom. The van der Waals surface area contributed by atoms with E-state index < -0.39 is 5.97 Å². The predicted octanol–water partition coefficient (Wildman–Crippen LogP) is 3.70. The average Bonchev–Trinajstić information content (AvgIpc) is 2.25. The standard InChI is InChI=1S/C12H16BrNO2S/c1-3-17-7-8(2)14-10-6-4-5-9(13)11(10)12(15)16/h4-6,8,14H,3,7H2,1-2H3,(H,15,16). The topological polar surface area (TPSA) is 49.3 Å². The molecule has 2 N–H and O–H groups in total. The van der Waals surface area contributed by atoms with E-state index in [1.807, 2.05) is 17.8 Å². The Labute approximate surface area is 114 Å². The highest BCUT2D eigenvalue weighted by atomic mass is 79.9. The quantitative estimate of drug-likeness (QED) is 0.840. The molecule has 0 fully saturated rings. The molecule has 0 heterocycles. The third kappa shape index (κ3) is 4.24. The molecule has 5 heteroatoms. The molecular weight excluding hydrogens is 302 g/mol. The summed E-state index contributed by atoms with van der Waals surface area (Å²) in [6.45, 7) is 4.16. The normalized spacial score (nSPS) is 12.2. The van der Waals surface area contributed by atoms with E-state index in [1.54, 1.807) is 12.1 Å². The van der Waals surface area contributed by atoms with Crippen LogP contribution in [-0.2, 0) is 0 Å². The van der Waals surface area contributed by atoms with Crippen molar-refractivity contribution in [2.24, 2.45) is 0 Å². The molecule has 0 saturated heterocycles. The summed E-state index contributed by atoms with van der Waals surface area (Å²) in [4.78, 5) is 11.2. The molecule has 3 nitrogen and oxygen atoms in total. The van der Waals surface area contributed by atoms with Crippen molar-refractivity contribution < 1.29 is 9.90 Å². The minimum Gasteiger partial charge on any atom is -0.478 e. The summed E-state index contributed by atoms with van der Waals surface area (Å²) in [7, 11) is 0. The molecule has 1 unspecified atom stereocenters. The van der Waals surface area contributed by atoms with Gasteiger partial charge in [0.05, 0.1) is 11.3 Å². The van der Waals surface area contributed by atoms with E-state index in [0.29, 0.717) is 15.7 Å². The SMILES string of the molecule is CCSCC(C)Nc1cccc(Br)c1C(=O)O. The Kier molecular flexibility index (Phi) is 5.85. The van der Waals surface area contributed by atoms with Gasteiger partial charge < -0.3 is 10.4 Å². The molecule has 0 bridgehead atoms. The van der Waals surface area contributed by atoms with Crippen molar-refractivity contribution in [1.82, 2.24) is 0 Å². The van der Waals surface area contributed by atoms with Gasteiger partial charge in [-0.2, -0.15) is 11.8 Å². The molecule has 0 amide bonds. The first-order chi connectivity index (χ1) is 8.06. The molecule has 1 aromatic carbocycles. The first kappa shape index (κ1) is 14.4. The second-order valence-electron chi connectivity index (χ2n) is 3.67. The van der Waals surface area contributed by atoms with Gasteiger partial charge in [0.25, 0.3) is 0 Å². The van der Waals surface area contributed by atoms with Crippen LogP contribution in [0.25, 0.3) is 0 Å². The van der Waals surface area contributed by atoms with Crippen LogP contribution in [0.4, 0.5) is 5.69 Å². The first-order valence-electron chi connectivity index (χ1n) is 5.42. The molecule has 1 rings (SSSR count). The van der Waals surface area contributed by atoms with E-state index in [2.05, 4.69) is 35.1 Å². The van der Waals surface area contributed by atoms with Crippen LogP contribution in [0, 0.1) is 0 Å². The largest absolute Gasteiger partial charge is 0.478 e. The third-order valence-corrected chi connectivity index (χ3v) is 4.01. The molecule has 0 radical (unpaired) electrons. The van der Waals surface area contributed by atoms with E-state index in [4.69, 9.17) is 5.11 Å². The molecular formula is C12H16BrNO2S. The van der Waals surface area contributed by atoms with Crippen molar-refractivity contribution >= 4 is 39.3 Å². The lowest BCUT2D eigenvalue weighted by Crippen LogP contribution is -2.20. The smallest absolute Gasteiger partial charge is 0.338 e. The third-order valence-electron chi connectivity index (χ3n) is 2.20. The summed E-state index contributed by atoms with van der Waals surface area (Å²) in [6, 6.07) is 5.60. The molecule has 0 aliphatic carbocycles. The maximum atomic E-state index is 11.2. The van der Waals surface area contributed by atoms with E-state index in [0.717, 1.165) is 11.5 Å². The van der Waals surface area contributed by atoms with Crippen LogP contribution in [0.15, 0.2) is 22.7 Å². The fourth-order valence-corrected chi connectivity index (χ4v) is 2.67. The number of halogens is 1. The molecule has 94 valence electrons. The predicted molar refractivity (Wildman–Crippen MR) is 77.2 cm³/mol. The highest BCUT2D eigenvalue weighted by Crippen LogP contribution is 2.25. The van der Waals surface area contributed by atoms with E-state index in [-0.39, 0.29) is 6.04 Å². The fraction of sp³-hybridized carbons (Fsp3) is 0.417. The van der Waals surface area contributed by atoms with Crippen molar-refractivity contribution in [3.8, 4) is 0 Å². The summed E-state index contributed by atoms with van der Waals surface area (Å²) < 4.78 is 0.602. The van der Waals surface area contributed by atoms with Crippen molar-refractivity contribution in [2.75, 3.05) is 16.8 Å². The van der Waals surface area contributed by atoms with Gasteiger partial charge in [-0.05, 0) is 40.7 Å². The molecule has 17 heavy (non-hydrogen) atoms. The summed E-state index contributed by atoms with van der Waals surface area (Å²) >= 11 is 5.10. The van der Waals surface area contributed by atoms with Crippen molar-refractivity contribution in [3.05, 3.63) is 28.2 Å². The molecule has 1 atom stereocenters. The van der Waals surface area contributed by atoms with Gasteiger partial charge >= 0.3 is 5.97 Å². The van der Waals surface area contributed by atoms with Gasteiger partial charge in [-0.3, -0.25) is 0 Å². The lowest BCUT2D eigenvalue weighted by molar-refractivity contribution is 0.0697. The molecule has 0 aromatic heterocycles. The molecule has 1 aromatic rings. The number of hydrogen-bond acceptors (Lipinski definition) is 3. The van der Waals surface area contributed by atoms with Crippen LogP contribution in [0.2, 0.25) is 0 Å². The van der Waals surface area contributed by atoms with Gasteiger partial charge in [0, 0.05) is 16.3 Å². The van der Waals surface area contributed by atoms with Gasteiger partial charge in [0.2, 0.25) is 0 Å². The number of benzene rings is 1. The highest BCUT2D eigenvalue weighted by molar-refractivity contribution is 9.10. The number of nitrogens with one attached hydrogen (secondary N) is 1. The second-order valence-corrected chi connectivity index (χ2v) is 5.85. The fourth-order valence-electron chi connectivity index (χ4n) is 1.46. The Hall–Kier alpha value is -0.680. The van der Waals surface area contributed by atoms with Gasteiger partial charge in [0.15, 0.2) is 0 Å². The van der Waals surface area contributed by atoms with Crippen molar-refractivity contribution in [2.45, 2.75) is 19.9 Å². The number of rotatable bonds is 6. The van der Waals surface area contributed by atoms with Crippen LogP contribution in [0.5, 0.6) is 0 Å². The lowest BCUT2D eigenvalue weighted by atomic mass is 10.1. The number of carboxylic acid groups (broad SMARTS) is 1. The Balaban J connectivity index is 2.83.